The number of alkyl carbamates (subject to hydrolysis) is 1. The Morgan fingerprint density at radius 3 is 2.32 bits per heavy atom. The lowest BCUT2D eigenvalue weighted by Crippen LogP contribution is -2.32. The highest BCUT2D eigenvalue weighted by atomic mass is 31.2. The molecular weight excluding hydrogens is 277 g/mol. The molecule has 0 aliphatic rings. The smallest absolute Gasteiger partial charge is 0.410 e. The molecule has 1 amide bonds. The molecule has 0 heterocycles. The normalized spacial score (nSPS) is 13.5. The van der Waals surface area contributed by atoms with Crippen molar-refractivity contribution in [3.05, 3.63) is 0 Å². The second kappa shape index (κ2) is 7.91. The Hall–Kier alpha value is -1.40. The van der Waals surface area contributed by atoms with E-state index >= 15 is 0 Å². The van der Waals surface area contributed by atoms with E-state index in [1.165, 1.54) is 0 Å². The van der Waals surface area contributed by atoms with Crippen LogP contribution < -0.4 is 5.32 Å². The monoisotopic (exact) mass is 295 g/mol. The minimum atomic E-state index is -3.44. The molecule has 8 nitrogen and oxygen atoms in total. The zero-order valence-electron chi connectivity index (χ0n) is 11.0. The predicted molar refractivity (Wildman–Crippen MR) is 65.9 cm³/mol. The third kappa shape index (κ3) is 10.2. The molecule has 0 aromatic heterocycles. The fourth-order valence-electron chi connectivity index (χ4n) is 0.913. The molecule has 0 saturated carbocycles. The third-order valence-electron chi connectivity index (χ3n) is 1.76. The van der Waals surface area contributed by atoms with Gasteiger partial charge in [0.15, 0.2) is 5.78 Å². The van der Waals surface area contributed by atoms with Crippen LogP contribution in [-0.4, -0.2) is 48.9 Å². The van der Waals surface area contributed by atoms with Crippen LogP contribution in [0.1, 0.15) is 13.8 Å². The lowest BCUT2D eigenvalue weighted by Gasteiger charge is -2.09. The Balaban J connectivity index is 3.79. The summed E-state index contributed by atoms with van der Waals surface area (Å²) in [6, 6.07) is 0. The fraction of sp³-hybridized carbons (Fsp3) is 0.700. The Bertz CT molecular complexity index is 387. The van der Waals surface area contributed by atoms with Crippen LogP contribution in [0.3, 0.4) is 0 Å². The maximum Gasteiger partial charge on any atom is 0.410 e. The van der Waals surface area contributed by atoms with Crippen molar-refractivity contribution in [2.24, 2.45) is 5.92 Å². The predicted octanol–water partition coefficient (Wildman–Crippen LogP) is 0.339. The molecule has 0 aliphatic carbocycles. The number of nitrogens with one attached hydrogen (secondary N) is 1. The van der Waals surface area contributed by atoms with Crippen LogP contribution in [0.25, 0.3) is 0 Å². The molecule has 0 fully saturated rings. The molecule has 0 aromatic rings. The number of rotatable bonds is 7. The Morgan fingerprint density at radius 2 is 1.84 bits per heavy atom. The van der Waals surface area contributed by atoms with Gasteiger partial charge in [-0.3, -0.25) is 14.2 Å². The van der Waals surface area contributed by atoms with Gasteiger partial charge in [-0.2, -0.15) is 0 Å². The van der Waals surface area contributed by atoms with Crippen LogP contribution >= 0.6 is 7.37 Å². The minimum Gasteiger partial charge on any atom is -0.428 e. The minimum absolute atomic E-state index is 0.337. The van der Waals surface area contributed by atoms with Gasteiger partial charge >= 0.3 is 12.1 Å². The fourth-order valence-corrected chi connectivity index (χ4v) is 1.68. The van der Waals surface area contributed by atoms with Crippen molar-refractivity contribution < 1.29 is 33.3 Å². The van der Waals surface area contributed by atoms with Crippen molar-refractivity contribution >= 4 is 25.2 Å². The number of ether oxygens (including phenoxy) is 2. The van der Waals surface area contributed by atoms with Crippen LogP contribution in [0, 0.1) is 5.92 Å². The molecular formula is C10H18NO7P. The van der Waals surface area contributed by atoms with E-state index in [0.717, 1.165) is 6.66 Å². The highest BCUT2D eigenvalue weighted by molar-refractivity contribution is 7.58. The number of hydrogen-bond donors (Lipinski definition) is 2. The maximum atomic E-state index is 11.1. The van der Waals surface area contributed by atoms with E-state index in [0.29, 0.717) is 0 Å². The van der Waals surface area contributed by atoms with Crippen molar-refractivity contribution in [1.29, 1.82) is 0 Å². The van der Waals surface area contributed by atoms with Gasteiger partial charge in [-0.1, -0.05) is 13.8 Å². The summed E-state index contributed by atoms with van der Waals surface area (Å²) in [6.45, 7) is 3.32. The van der Waals surface area contributed by atoms with E-state index in [2.05, 4.69) is 14.8 Å². The standard InChI is InChI=1S/C10H18NO7P/c1-7(2)9(13)17-6-18-10(14)11-4-8(12)5-19(3,15)16/h7H,4-6H2,1-3H3,(H,11,14)(H,15,16). The quantitative estimate of drug-likeness (QED) is 0.395. The van der Waals surface area contributed by atoms with Crippen LogP contribution in [0.15, 0.2) is 0 Å². The topological polar surface area (TPSA) is 119 Å². The van der Waals surface area contributed by atoms with Crippen molar-refractivity contribution in [3.8, 4) is 0 Å². The summed E-state index contributed by atoms with van der Waals surface area (Å²) < 4.78 is 20.0. The highest BCUT2D eigenvalue weighted by Gasteiger charge is 2.17. The maximum absolute atomic E-state index is 11.1. The summed E-state index contributed by atoms with van der Waals surface area (Å²) in [5.74, 6) is -1.45. The van der Waals surface area contributed by atoms with Gasteiger partial charge in [0.25, 0.3) is 0 Å². The van der Waals surface area contributed by atoms with E-state index in [-0.39, 0.29) is 5.92 Å². The number of Topliss-reactive ketones (excluding diaryl/α,β-unsaturated/α-hetero) is 1. The van der Waals surface area contributed by atoms with Gasteiger partial charge in [-0.25, -0.2) is 4.79 Å². The first-order valence-electron chi connectivity index (χ1n) is 5.50. The van der Waals surface area contributed by atoms with Gasteiger partial charge in [0.2, 0.25) is 14.2 Å². The van der Waals surface area contributed by atoms with Gasteiger partial charge in [0, 0.05) is 6.66 Å². The first kappa shape index (κ1) is 17.6. The van der Waals surface area contributed by atoms with Crippen LogP contribution in [0.2, 0.25) is 0 Å². The van der Waals surface area contributed by atoms with Gasteiger partial charge < -0.3 is 19.7 Å². The van der Waals surface area contributed by atoms with Gasteiger partial charge in [-0.15, -0.1) is 0 Å². The van der Waals surface area contributed by atoms with E-state index in [9.17, 15) is 18.9 Å². The average molecular weight is 295 g/mol. The Labute approximate surface area is 110 Å². The summed E-state index contributed by atoms with van der Waals surface area (Å²) in [5.41, 5.74) is 0. The molecule has 1 unspecified atom stereocenters. The van der Waals surface area contributed by atoms with Crippen LogP contribution in [-0.2, 0) is 23.6 Å². The summed E-state index contributed by atoms with van der Waals surface area (Å²) in [5, 5.41) is 2.07. The molecule has 0 spiro atoms. The average Bonchev–Trinajstić information content (AvgIpc) is 2.23. The molecule has 0 saturated heterocycles. The zero-order valence-corrected chi connectivity index (χ0v) is 11.9. The number of hydrogen-bond acceptors (Lipinski definition) is 6. The summed E-state index contributed by atoms with van der Waals surface area (Å²) in [6.07, 6.45) is -1.47. The van der Waals surface area contributed by atoms with Crippen molar-refractivity contribution in [3.63, 3.8) is 0 Å². The summed E-state index contributed by atoms with van der Waals surface area (Å²) in [4.78, 5) is 42.1. The van der Waals surface area contributed by atoms with E-state index in [1.807, 2.05) is 0 Å². The number of carbonyl (C=O) groups is 3. The number of esters is 1. The third-order valence-corrected chi connectivity index (χ3v) is 2.70. The highest BCUT2D eigenvalue weighted by Crippen LogP contribution is 2.34. The van der Waals surface area contributed by atoms with Crippen LogP contribution in [0.4, 0.5) is 4.79 Å². The zero-order chi connectivity index (χ0) is 15.1. The first-order chi connectivity index (χ1) is 8.61. The Kier molecular flexibility index (Phi) is 7.33. The molecule has 9 heteroatoms. The van der Waals surface area contributed by atoms with Crippen molar-refractivity contribution in [1.82, 2.24) is 5.32 Å². The van der Waals surface area contributed by atoms with Crippen LogP contribution in [0.5, 0.6) is 0 Å². The van der Waals surface area contributed by atoms with Crippen molar-refractivity contribution in [2.75, 3.05) is 26.2 Å². The lowest BCUT2D eigenvalue weighted by atomic mass is 10.2. The van der Waals surface area contributed by atoms with E-state index in [4.69, 9.17) is 4.89 Å². The summed E-state index contributed by atoms with van der Waals surface area (Å²) >= 11 is 0. The lowest BCUT2D eigenvalue weighted by molar-refractivity contribution is -0.155. The SMILES string of the molecule is CC(C)C(=O)OCOC(=O)NCC(=O)CP(C)(=O)O. The number of amides is 1. The molecule has 0 rings (SSSR count). The number of ketones is 1. The summed E-state index contributed by atoms with van der Waals surface area (Å²) in [7, 11) is -3.44. The molecule has 0 bridgehead atoms. The molecule has 0 radical (unpaired) electrons. The molecule has 110 valence electrons. The van der Waals surface area contributed by atoms with E-state index < -0.39 is 44.7 Å². The van der Waals surface area contributed by atoms with Gasteiger partial charge in [0.1, 0.15) is 0 Å². The molecule has 2 N–H and O–H groups in total. The Morgan fingerprint density at radius 1 is 1.26 bits per heavy atom. The van der Waals surface area contributed by atoms with Crippen molar-refractivity contribution in [2.45, 2.75) is 13.8 Å². The molecule has 1 atom stereocenters. The largest absolute Gasteiger partial charge is 0.428 e. The van der Waals surface area contributed by atoms with Gasteiger partial charge in [0.05, 0.1) is 18.6 Å². The first-order valence-corrected chi connectivity index (χ1v) is 7.79. The number of carbonyl (C=O) groups excluding carboxylic acids is 3. The van der Waals surface area contributed by atoms with Gasteiger partial charge in [-0.05, 0) is 0 Å². The van der Waals surface area contributed by atoms with E-state index in [1.54, 1.807) is 13.8 Å². The molecule has 0 aliphatic heterocycles. The molecule has 19 heavy (non-hydrogen) atoms. The second-order valence-corrected chi connectivity index (χ2v) is 6.69. The molecule has 0 aromatic carbocycles. The second-order valence-electron chi connectivity index (χ2n) is 4.27.